The molecule has 5 rings (SSSR count). The third kappa shape index (κ3) is 5.65. The first-order chi connectivity index (χ1) is 17.7. The molecule has 8 nitrogen and oxygen atoms in total. The van der Waals surface area contributed by atoms with E-state index in [0.717, 1.165) is 46.6 Å². The van der Waals surface area contributed by atoms with Crippen LogP contribution in [-0.2, 0) is 0 Å². The average Bonchev–Trinajstić information content (AvgIpc) is 3.57. The predicted molar refractivity (Wildman–Crippen MR) is 148 cm³/mol. The molecule has 8 heteroatoms. The maximum Gasteiger partial charge on any atom is 0.251 e. The number of aliphatic hydroxyl groups is 1. The quantitative estimate of drug-likeness (QED) is 0.255. The van der Waals surface area contributed by atoms with Crippen LogP contribution in [0.1, 0.15) is 48.2 Å². The first-order valence-electron chi connectivity index (χ1n) is 12.5. The summed E-state index contributed by atoms with van der Waals surface area (Å²) in [6.07, 6.45) is 5.67. The third-order valence-electron chi connectivity index (χ3n) is 6.25. The number of fused-ring (bicyclic) bond motifs is 1. The molecule has 2 aromatic heterocycles. The van der Waals surface area contributed by atoms with E-state index in [-0.39, 0.29) is 5.91 Å². The summed E-state index contributed by atoms with van der Waals surface area (Å²) in [5, 5.41) is 24.9. The monoisotopic (exact) mass is 496 g/mol. The number of benzene rings is 2. The number of carbonyl (C=O) groups excluding carboxylic acids is 1. The van der Waals surface area contributed by atoms with Crippen LogP contribution in [0.4, 0.5) is 17.2 Å². The molecule has 0 spiro atoms. The molecule has 1 amide bonds. The van der Waals surface area contributed by atoms with Crippen molar-refractivity contribution in [1.82, 2.24) is 19.9 Å². The van der Waals surface area contributed by atoms with Crippen molar-refractivity contribution in [2.75, 3.05) is 17.2 Å². The minimum Gasteiger partial charge on any atom is -0.389 e. The SMILES string of the molecule is C=Cc1cccc(Nc2cc(NCC(C)(C)O)c3ncc(-c4ccc(C(=O)NC5CC5)c(C)c4)n3n2)c1. The van der Waals surface area contributed by atoms with Gasteiger partial charge in [-0.25, -0.2) is 9.50 Å². The zero-order valence-electron chi connectivity index (χ0n) is 21.4. The second-order valence-corrected chi connectivity index (χ2v) is 10.2. The van der Waals surface area contributed by atoms with E-state index in [2.05, 4.69) is 27.5 Å². The van der Waals surface area contributed by atoms with Crippen LogP contribution in [0.2, 0.25) is 0 Å². The van der Waals surface area contributed by atoms with Gasteiger partial charge in [0.15, 0.2) is 11.5 Å². The molecule has 4 aromatic rings. The Morgan fingerprint density at radius 2 is 2.03 bits per heavy atom. The van der Waals surface area contributed by atoms with Crippen LogP contribution in [0.15, 0.2) is 61.3 Å². The van der Waals surface area contributed by atoms with Gasteiger partial charge in [-0.3, -0.25) is 4.79 Å². The lowest BCUT2D eigenvalue weighted by Gasteiger charge is -2.19. The van der Waals surface area contributed by atoms with Gasteiger partial charge in [-0.05, 0) is 69.0 Å². The topological polar surface area (TPSA) is 104 Å². The summed E-state index contributed by atoms with van der Waals surface area (Å²) in [6.45, 7) is 9.62. The predicted octanol–water partition coefficient (Wildman–Crippen LogP) is 5.17. The van der Waals surface area contributed by atoms with E-state index in [1.165, 1.54) is 0 Å². The van der Waals surface area contributed by atoms with Gasteiger partial charge in [0.25, 0.3) is 5.91 Å². The fourth-order valence-corrected chi connectivity index (χ4v) is 4.13. The smallest absolute Gasteiger partial charge is 0.251 e. The first-order valence-corrected chi connectivity index (χ1v) is 12.5. The van der Waals surface area contributed by atoms with Crippen molar-refractivity contribution in [3.63, 3.8) is 0 Å². The van der Waals surface area contributed by atoms with Gasteiger partial charge in [0.05, 0.1) is 23.2 Å². The molecular weight excluding hydrogens is 464 g/mol. The van der Waals surface area contributed by atoms with Gasteiger partial charge in [-0.1, -0.05) is 30.9 Å². The summed E-state index contributed by atoms with van der Waals surface area (Å²) in [6, 6.07) is 15.9. The maximum atomic E-state index is 12.6. The van der Waals surface area contributed by atoms with E-state index in [4.69, 9.17) is 5.10 Å². The molecule has 190 valence electrons. The van der Waals surface area contributed by atoms with Crippen LogP contribution in [0.5, 0.6) is 0 Å². The lowest BCUT2D eigenvalue weighted by atomic mass is 10.0. The van der Waals surface area contributed by atoms with E-state index in [0.29, 0.717) is 29.6 Å². The molecule has 0 bridgehead atoms. The largest absolute Gasteiger partial charge is 0.389 e. The minimum atomic E-state index is -0.907. The Bertz CT molecular complexity index is 1480. The van der Waals surface area contributed by atoms with Crippen molar-refractivity contribution < 1.29 is 9.90 Å². The number of carbonyl (C=O) groups is 1. The second kappa shape index (κ2) is 9.71. The summed E-state index contributed by atoms with van der Waals surface area (Å²) in [5.41, 5.74) is 5.60. The van der Waals surface area contributed by atoms with Gasteiger partial charge in [0.2, 0.25) is 0 Å². The molecule has 0 atom stereocenters. The fraction of sp³-hybridized carbons (Fsp3) is 0.276. The third-order valence-corrected chi connectivity index (χ3v) is 6.25. The van der Waals surface area contributed by atoms with Crippen LogP contribution < -0.4 is 16.0 Å². The van der Waals surface area contributed by atoms with Crippen molar-refractivity contribution in [2.24, 2.45) is 0 Å². The van der Waals surface area contributed by atoms with Gasteiger partial charge in [0.1, 0.15) is 0 Å². The molecule has 0 unspecified atom stereocenters. The highest BCUT2D eigenvalue weighted by molar-refractivity contribution is 5.96. The van der Waals surface area contributed by atoms with E-state index in [9.17, 15) is 9.90 Å². The Labute approximate surface area is 216 Å². The van der Waals surface area contributed by atoms with Gasteiger partial charge < -0.3 is 21.1 Å². The standard InChI is InChI=1S/C29H32N6O2/c1-5-19-7-6-8-22(14-19)32-26-15-24(31-17-29(3,4)37)27-30-16-25(35(27)34-26)20-9-12-23(18(2)13-20)28(36)33-21-10-11-21/h5-9,12-16,21,31,37H,1,10-11,17H2,2-4H3,(H,32,34)(H,33,36). The maximum absolute atomic E-state index is 12.6. The van der Waals surface area contributed by atoms with Crippen molar-refractivity contribution in [2.45, 2.75) is 45.3 Å². The lowest BCUT2D eigenvalue weighted by molar-refractivity contribution is 0.0940. The lowest BCUT2D eigenvalue weighted by Crippen LogP contribution is -2.29. The number of anilines is 3. The Hall–Kier alpha value is -4.17. The molecule has 1 aliphatic rings. The molecule has 37 heavy (non-hydrogen) atoms. The highest BCUT2D eigenvalue weighted by Gasteiger charge is 2.24. The summed E-state index contributed by atoms with van der Waals surface area (Å²) in [5.74, 6) is 0.581. The summed E-state index contributed by atoms with van der Waals surface area (Å²) in [4.78, 5) is 17.2. The van der Waals surface area contributed by atoms with Gasteiger partial charge in [-0.15, -0.1) is 5.10 Å². The molecule has 2 aromatic carbocycles. The number of aromatic nitrogens is 3. The molecule has 2 heterocycles. The van der Waals surface area contributed by atoms with E-state index in [1.54, 1.807) is 30.6 Å². The summed E-state index contributed by atoms with van der Waals surface area (Å²) >= 11 is 0. The fourth-order valence-electron chi connectivity index (χ4n) is 4.13. The number of hydrogen-bond donors (Lipinski definition) is 4. The number of amides is 1. The Morgan fingerprint density at radius 1 is 1.22 bits per heavy atom. The van der Waals surface area contributed by atoms with E-state index >= 15 is 0 Å². The van der Waals surface area contributed by atoms with Crippen molar-refractivity contribution in [3.05, 3.63) is 78.0 Å². The van der Waals surface area contributed by atoms with Crippen LogP contribution in [0.25, 0.3) is 23.0 Å². The van der Waals surface area contributed by atoms with Crippen LogP contribution in [-0.4, -0.2) is 43.8 Å². The van der Waals surface area contributed by atoms with Gasteiger partial charge in [-0.2, -0.15) is 0 Å². The molecule has 1 aliphatic carbocycles. The Morgan fingerprint density at radius 3 is 2.73 bits per heavy atom. The normalized spacial score (nSPS) is 13.4. The first kappa shape index (κ1) is 24.5. The van der Waals surface area contributed by atoms with Gasteiger partial charge in [0, 0.05) is 35.5 Å². The molecule has 1 fully saturated rings. The van der Waals surface area contributed by atoms with Crippen molar-refractivity contribution in [3.8, 4) is 11.3 Å². The zero-order chi connectivity index (χ0) is 26.2. The van der Waals surface area contributed by atoms with Crippen molar-refractivity contribution >= 4 is 34.8 Å². The molecule has 0 saturated heterocycles. The summed E-state index contributed by atoms with van der Waals surface area (Å²) < 4.78 is 1.78. The summed E-state index contributed by atoms with van der Waals surface area (Å²) in [7, 11) is 0. The number of rotatable bonds is 9. The number of nitrogens with zero attached hydrogens (tertiary/aromatic N) is 3. The molecular formula is C29H32N6O2. The minimum absolute atomic E-state index is 0.0332. The van der Waals surface area contributed by atoms with Crippen LogP contribution in [0.3, 0.4) is 0 Å². The Kier molecular flexibility index (Phi) is 6.43. The molecule has 4 N–H and O–H groups in total. The van der Waals surface area contributed by atoms with E-state index in [1.807, 2.05) is 55.5 Å². The number of nitrogens with one attached hydrogen (secondary N) is 3. The highest BCUT2D eigenvalue weighted by atomic mass is 16.3. The van der Waals surface area contributed by atoms with Gasteiger partial charge >= 0.3 is 0 Å². The number of aryl methyl sites for hydroxylation is 1. The molecule has 0 radical (unpaired) electrons. The average molecular weight is 497 g/mol. The zero-order valence-corrected chi connectivity index (χ0v) is 21.4. The van der Waals surface area contributed by atoms with Crippen LogP contribution >= 0.6 is 0 Å². The molecule has 0 aliphatic heterocycles. The van der Waals surface area contributed by atoms with Crippen molar-refractivity contribution in [1.29, 1.82) is 0 Å². The second-order valence-electron chi connectivity index (χ2n) is 10.2. The highest BCUT2D eigenvalue weighted by Crippen LogP contribution is 2.29. The number of hydrogen-bond acceptors (Lipinski definition) is 6. The Balaban J connectivity index is 1.54. The van der Waals surface area contributed by atoms with E-state index < -0.39 is 5.60 Å². The number of imidazole rings is 1. The molecule has 1 saturated carbocycles. The van der Waals surface area contributed by atoms with Crippen LogP contribution in [0, 0.1) is 6.92 Å².